The van der Waals surface area contributed by atoms with Crippen LogP contribution in [0, 0.1) is 0 Å². The summed E-state index contributed by atoms with van der Waals surface area (Å²) in [5.74, 6) is 0.377. The summed E-state index contributed by atoms with van der Waals surface area (Å²) in [6, 6.07) is -0.874. The van der Waals surface area contributed by atoms with Gasteiger partial charge in [0, 0.05) is 13.1 Å². The van der Waals surface area contributed by atoms with Crippen molar-refractivity contribution in [2.75, 3.05) is 17.7 Å². The first-order valence-corrected chi connectivity index (χ1v) is 5.99. The van der Waals surface area contributed by atoms with E-state index in [9.17, 15) is 13.2 Å². The van der Waals surface area contributed by atoms with Crippen molar-refractivity contribution in [1.82, 2.24) is 29.7 Å². The Morgan fingerprint density at radius 2 is 1.95 bits per heavy atom. The van der Waals surface area contributed by atoms with Crippen LogP contribution in [0.15, 0.2) is 12.7 Å². The Hall–Kier alpha value is -2.46. The third-order valence-corrected chi connectivity index (χ3v) is 2.38. The minimum atomic E-state index is -4.26. The number of halogens is 3. The molecule has 0 spiro atoms. The molecule has 0 saturated heterocycles. The molecule has 2 aromatic heterocycles. The molecule has 0 fully saturated rings. The van der Waals surface area contributed by atoms with Crippen LogP contribution in [0.5, 0.6) is 0 Å². The van der Waals surface area contributed by atoms with E-state index in [2.05, 4.69) is 35.7 Å². The van der Waals surface area contributed by atoms with Gasteiger partial charge in [0.1, 0.15) is 12.7 Å². The van der Waals surface area contributed by atoms with Crippen LogP contribution in [0.4, 0.5) is 25.1 Å². The van der Waals surface area contributed by atoms with Gasteiger partial charge in [-0.1, -0.05) is 0 Å². The van der Waals surface area contributed by atoms with Crippen LogP contribution in [-0.4, -0.2) is 49.0 Å². The molecule has 1 atom stereocenters. The Bertz CT molecular complexity index is 582. The third kappa shape index (κ3) is 4.26. The predicted molar refractivity (Wildman–Crippen MR) is 68.0 cm³/mol. The molecule has 8 nitrogen and oxygen atoms in total. The summed E-state index contributed by atoms with van der Waals surface area (Å²) < 4.78 is 38.3. The summed E-state index contributed by atoms with van der Waals surface area (Å²) in [5.41, 5.74) is 0. The van der Waals surface area contributed by atoms with E-state index in [0.717, 1.165) is 0 Å². The molecule has 0 radical (unpaired) electrons. The summed E-state index contributed by atoms with van der Waals surface area (Å²) in [4.78, 5) is 15.8. The van der Waals surface area contributed by atoms with E-state index in [-0.39, 0.29) is 17.8 Å². The van der Waals surface area contributed by atoms with Crippen molar-refractivity contribution in [3.63, 3.8) is 0 Å². The van der Waals surface area contributed by atoms with E-state index < -0.39 is 18.6 Å². The number of nitrogens with zero attached hydrogens (tertiary/aromatic N) is 6. The van der Waals surface area contributed by atoms with Gasteiger partial charge < -0.3 is 10.6 Å². The standard InChI is InChI=1S/C10H13F3N8/c1-6(3-10(11,12)13)17-8-18-7(14-2)19-9(20-8)21-5-15-4-16-21/h4-6H,3H2,1-2H3,(H2,14,17,18,19,20). The molecule has 2 N–H and O–H groups in total. The van der Waals surface area contributed by atoms with Gasteiger partial charge in [0.05, 0.1) is 6.42 Å². The lowest BCUT2D eigenvalue weighted by Gasteiger charge is -2.16. The molecule has 2 rings (SSSR count). The molecule has 0 aliphatic heterocycles. The lowest BCUT2D eigenvalue weighted by Crippen LogP contribution is -2.25. The Morgan fingerprint density at radius 1 is 1.24 bits per heavy atom. The molecule has 0 bridgehead atoms. The van der Waals surface area contributed by atoms with Crippen molar-refractivity contribution < 1.29 is 13.2 Å². The van der Waals surface area contributed by atoms with Crippen LogP contribution < -0.4 is 10.6 Å². The van der Waals surface area contributed by atoms with Crippen molar-refractivity contribution in [3.05, 3.63) is 12.7 Å². The third-order valence-electron chi connectivity index (χ3n) is 2.38. The molecule has 0 amide bonds. The lowest BCUT2D eigenvalue weighted by atomic mass is 10.2. The van der Waals surface area contributed by atoms with Gasteiger partial charge in [0.2, 0.25) is 11.9 Å². The smallest absolute Gasteiger partial charge is 0.357 e. The van der Waals surface area contributed by atoms with Crippen LogP contribution in [0.2, 0.25) is 0 Å². The maximum absolute atomic E-state index is 12.3. The number of aromatic nitrogens is 6. The topological polar surface area (TPSA) is 93.4 Å². The normalized spacial score (nSPS) is 13.0. The highest BCUT2D eigenvalue weighted by molar-refractivity contribution is 5.37. The zero-order valence-corrected chi connectivity index (χ0v) is 11.3. The fourth-order valence-corrected chi connectivity index (χ4v) is 1.57. The van der Waals surface area contributed by atoms with Crippen molar-refractivity contribution >= 4 is 11.9 Å². The fraction of sp³-hybridized carbons (Fsp3) is 0.500. The number of hydrogen-bond acceptors (Lipinski definition) is 7. The molecule has 0 aliphatic rings. The molecule has 0 aliphatic carbocycles. The van der Waals surface area contributed by atoms with Gasteiger partial charge in [0.15, 0.2) is 0 Å². The Balaban J connectivity index is 2.21. The van der Waals surface area contributed by atoms with Gasteiger partial charge in [0.25, 0.3) is 5.95 Å². The van der Waals surface area contributed by atoms with Crippen molar-refractivity contribution in [3.8, 4) is 5.95 Å². The summed E-state index contributed by atoms with van der Waals surface area (Å²) in [6.45, 7) is 1.39. The first-order valence-electron chi connectivity index (χ1n) is 5.99. The van der Waals surface area contributed by atoms with Gasteiger partial charge in [-0.15, -0.1) is 0 Å². The molecular formula is C10H13F3N8. The zero-order valence-electron chi connectivity index (χ0n) is 11.3. The minimum Gasteiger partial charge on any atom is -0.357 e. The molecule has 1 unspecified atom stereocenters. The van der Waals surface area contributed by atoms with Crippen LogP contribution in [0.25, 0.3) is 5.95 Å². The summed E-state index contributed by atoms with van der Waals surface area (Å²) in [6.07, 6.45) is -2.59. The quantitative estimate of drug-likeness (QED) is 0.858. The van der Waals surface area contributed by atoms with Crippen LogP contribution in [0.3, 0.4) is 0 Å². The van der Waals surface area contributed by atoms with Gasteiger partial charge in [-0.3, -0.25) is 0 Å². The second-order valence-corrected chi connectivity index (χ2v) is 4.24. The molecule has 2 heterocycles. The highest BCUT2D eigenvalue weighted by Gasteiger charge is 2.30. The lowest BCUT2D eigenvalue weighted by molar-refractivity contribution is -0.136. The molecular weight excluding hydrogens is 289 g/mol. The largest absolute Gasteiger partial charge is 0.391 e. The van der Waals surface area contributed by atoms with E-state index in [1.807, 2.05) is 0 Å². The number of alkyl halides is 3. The summed E-state index contributed by atoms with van der Waals surface area (Å²) >= 11 is 0. The number of nitrogens with one attached hydrogen (secondary N) is 2. The summed E-state index contributed by atoms with van der Waals surface area (Å²) in [5, 5.41) is 9.16. The van der Waals surface area contributed by atoms with Crippen molar-refractivity contribution in [1.29, 1.82) is 0 Å². The number of anilines is 2. The Labute approximate surface area is 117 Å². The molecule has 21 heavy (non-hydrogen) atoms. The Morgan fingerprint density at radius 3 is 2.52 bits per heavy atom. The number of rotatable bonds is 5. The minimum absolute atomic E-state index is 0.0246. The molecule has 0 aromatic carbocycles. The van der Waals surface area contributed by atoms with E-state index in [0.29, 0.717) is 0 Å². The van der Waals surface area contributed by atoms with Crippen LogP contribution in [-0.2, 0) is 0 Å². The fourth-order valence-electron chi connectivity index (χ4n) is 1.57. The Kier molecular flexibility index (Phi) is 4.19. The highest BCUT2D eigenvalue weighted by Crippen LogP contribution is 2.22. The van der Waals surface area contributed by atoms with Crippen molar-refractivity contribution in [2.45, 2.75) is 25.6 Å². The van der Waals surface area contributed by atoms with Gasteiger partial charge in [-0.2, -0.15) is 37.9 Å². The van der Waals surface area contributed by atoms with E-state index in [1.54, 1.807) is 7.05 Å². The van der Waals surface area contributed by atoms with Gasteiger partial charge in [-0.05, 0) is 6.92 Å². The molecule has 0 saturated carbocycles. The maximum Gasteiger partial charge on any atom is 0.391 e. The first kappa shape index (κ1) is 14.9. The van der Waals surface area contributed by atoms with E-state index in [4.69, 9.17) is 0 Å². The molecule has 2 aromatic rings. The van der Waals surface area contributed by atoms with E-state index >= 15 is 0 Å². The van der Waals surface area contributed by atoms with Crippen LogP contribution >= 0.6 is 0 Å². The van der Waals surface area contributed by atoms with E-state index in [1.165, 1.54) is 24.3 Å². The average Bonchev–Trinajstić information content (AvgIpc) is 2.89. The number of hydrogen-bond donors (Lipinski definition) is 2. The maximum atomic E-state index is 12.3. The van der Waals surface area contributed by atoms with Crippen molar-refractivity contribution in [2.24, 2.45) is 0 Å². The second-order valence-electron chi connectivity index (χ2n) is 4.24. The SMILES string of the molecule is CNc1nc(NC(C)CC(F)(F)F)nc(-n2cncn2)n1. The summed E-state index contributed by atoms with van der Waals surface area (Å²) in [7, 11) is 1.59. The monoisotopic (exact) mass is 302 g/mol. The van der Waals surface area contributed by atoms with Gasteiger partial charge >= 0.3 is 6.18 Å². The zero-order chi connectivity index (χ0) is 15.5. The molecule has 114 valence electrons. The first-order chi connectivity index (χ1) is 9.87. The predicted octanol–water partition coefficient (Wildman–Crippen LogP) is 1.25. The van der Waals surface area contributed by atoms with Crippen LogP contribution in [0.1, 0.15) is 13.3 Å². The second kappa shape index (κ2) is 5.89. The van der Waals surface area contributed by atoms with Gasteiger partial charge in [-0.25, -0.2) is 4.98 Å². The molecule has 11 heteroatoms. The highest BCUT2D eigenvalue weighted by atomic mass is 19.4. The average molecular weight is 302 g/mol.